The van der Waals surface area contributed by atoms with Crippen LogP contribution in [0, 0.1) is 5.82 Å². The molecule has 2 saturated heterocycles. The Labute approximate surface area is 242 Å². The third-order valence-electron chi connectivity index (χ3n) is 7.67. The van der Waals surface area contributed by atoms with Crippen molar-refractivity contribution >= 4 is 34.4 Å². The summed E-state index contributed by atoms with van der Waals surface area (Å²) in [6, 6.07) is 12.2. The Hall–Kier alpha value is -3.60. The molecule has 1 amide bonds. The maximum atomic E-state index is 14.1. The molecular weight excluding hydrogens is 547 g/mol. The number of ether oxygens (including phenoxy) is 2. The Kier molecular flexibility index (Phi) is 8.13. The molecule has 5 heterocycles. The van der Waals surface area contributed by atoms with Crippen molar-refractivity contribution in [2.75, 3.05) is 25.0 Å². The van der Waals surface area contributed by atoms with Gasteiger partial charge < -0.3 is 19.4 Å². The Bertz CT molecular complexity index is 1550. The highest BCUT2D eigenvalue weighted by Crippen LogP contribution is 2.30. The van der Waals surface area contributed by atoms with Crippen molar-refractivity contribution in [3.63, 3.8) is 0 Å². The minimum absolute atomic E-state index is 0.0892. The molecule has 0 saturated carbocycles. The van der Waals surface area contributed by atoms with Crippen LogP contribution >= 0.6 is 11.6 Å². The molecule has 9 nitrogen and oxygen atoms in total. The number of anilines is 1. The van der Waals surface area contributed by atoms with Crippen molar-refractivity contribution in [2.45, 2.75) is 57.9 Å². The van der Waals surface area contributed by atoms with Crippen LogP contribution < -0.4 is 10.1 Å². The second kappa shape index (κ2) is 12.1. The highest BCUT2D eigenvalue weighted by atomic mass is 35.5. The number of rotatable bonds is 9. The van der Waals surface area contributed by atoms with Crippen LogP contribution in [0.25, 0.3) is 11.2 Å². The van der Waals surface area contributed by atoms with E-state index in [-0.39, 0.29) is 18.6 Å². The number of imidazole rings is 1. The molecule has 41 heavy (non-hydrogen) atoms. The number of carbonyl (C=O) groups is 1. The third kappa shape index (κ3) is 6.50. The van der Waals surface area contributed by atoms with Gasteiger partial charge in [0.1, 0.15) is 23.8 Å². The van der Waals surface area contributed by atoms with Gasteiger partial charge in [0.2, 0.25) is 11.8 Å². The predicted octanol–water partition coefficient (Wildman–Crippen LogP) is 5.32. The molecule has 6 rings (SSSR count). The van der Waals surface area contributed by atoms with Gasteiger partial charge in [0.15, 0.2) is 5.65 Å². The van der Waals surface area contributed by atoms with Crippen molar-refractivity contribution in [2.24, 2.45) is 0 Å². The number of likely N-dealkylation sites (tertiary alicyclic amines) is 1. The van der Waals surface area contributed by atoms with E-state index in [2.05, 4.69) is 19.8 Å². The summed E-state index contributed by atoms with van der Waals surface area (Å²) in [7, 11) is 0. The minimum Gasteiger partial charge on any atom is -0.473 e. The fourth-order valence-corrected chi connectivity index (χ4v) is 5.55. The van der Waals surface area contributed by atoms with Crippen LogP contribution in [-0.2, 0) is 29.2 Å². The highest BCUT2D eigenvalue weighted by Gasteiger charge is 2.26. The number of aromatic nitrogens is 4. The molecular formula is C30H32ClFN6O3. The maximum Gasteiger partial charge on any atom is 0.221 e. The maximum absolute atomic E-state index is 14.1. The van der Waals surface area contributed by atoms with Crippen LogP contribution in [0.15, 0.2) is 48.7 Å². The molecule has 1 atom stereocenters. The van der Waals surface area contributed by atoms with Gasteiger partial charge in [0.25, 0.3) is 0 Å². The summed E-state index contributed by atoms with van der Waals surface area (Å²) in [5.41, 5.74) is 3.63. The van der Waals surface area contributed by atoms with E-state index < -0.39 is 5.82 Å². The summed E-state index contributed by atoms with van der Waals surface area (Å²) in [6.07, 6.45) is 4.79. The van der Waals surface area contributed by atoms with Gasteiger partial charge in [-0.2, -0.15) is 0 Å². The first kappa shape index (κ1) is 27.6. The van der Waals surface area contributed by atoms with E-state index >= 15 is 0 Å². The number of carbonyl (C=O) groups excluding carboxylic acids is 1. The van der Waals surface area contributed by atoms with Gasteiger partial charge in [-0.25, -0.2) is 19.3 Å². The number of nitrogens with zero attached hydrogens (tertiary/aromatic N) is 5. The molecule has 2 fully saturated rings. The number of nitrogens with one attached hydrogen (secondary N) is 1. The Morgan fingerprint density at radius 2 is 2.00 bits per heavy atom. The van der Waals surface area contributed by atoms with Gasteiger partial charge in [-0.05, 0) is 56.6 Å². The fraction of sp³-hybridized carbons (Fsp3) is 0.400. The lowest BCUT2D eigenvalue weighted by Crippen LogP contribution is -2.35. The molecule has 0 bridgehead atoms. The van der Waals surface area contributed by atoms with Crippen LogP contribution in [0.5, 0.6) is 5.88 Å². The van der Waals surface area contributed by atoms with E-state index in [0.29, 0.717) is 41.2 Å². The zero-order valence-electron chi connectivity index (χ0n) is 22.9. The highest BCUT2D eigenvalue weighted by molar-refractivity contribution is 6.30. The average Bonchev–Trinajstić information content (AvgIpc) is 3.26. The van der Waals surface area contributed by atoms with E-state index in [9.17, 15) is 9.18 Å². The molecule has 1 N–H and O–H groups in total. The SMILES string of the molecule is CC(=O)Nc1cnc2c(c1)nc(CN1CCC(c3cccc(OCc4ccc(Cl)cc4F)n3)CC1)n2C[C@@H]1CCO1. The summed E-state index contributed by atoms with van der Waals surface area (Å²) in [5.74, 6) is 1.21. The third-order valence-corrected chi connectivity index (χ3v) is 7.91. The summed E-state index contributed by atoms with van der Waals surface area (Å²) in [4.78, 5) is 28.2. The van der Waals surface area contributed by atoms with Gasteiger partial charge >= 0.3 is 0 Å². The monoisotopic (exact) mass is 578 g/mol. The molecule has 0 unspecified atom stereocenters. The first-order valence-electron chi connectivity index (χ1n) is 13.9. The van der Waals surface area contributed by atoms with Crippen LogP contribution in [0.4, 0.5) is 10.1 Å². The number of benzene rings is 1. The molecule has 2 aliphatic rings. The van der Waals surface area contributed by atoms with Gasteiger partial charge in [0.05, 0.1) is 31.1 Å². The quantitative estimate of drug-likeness (QED) is 0.287. The Morgan fingerprint density at radius 1 is 1.17 bits per heavy atom. The van der Waals surface area contributed by atoms with Gasteiger partial charge in [0, 0.05) is 41.8 Å². The van der Waals surface area contributed by atoms with Crippen LogP contribution in [0.1, 0.15) is 49.2 Å². The number of piperidine rings is 1. The van der Waals surface area contributed by atoms with E-state index in [4.69, 9.17) is 31.0 Å². The van der Waals surface area contributed by atoms with Gasteiger partial charge in [-0.1, -0.05) is 23.7 Å². The van der Waals surface area contributed by atoms with Crippen LogP contribution in [0.3, 0.4) is 0 Å². The van der Waals surface area contributed by atoms with Gasteiger partial charge in [-0.3, -0.25) is 9.69 Å². The van der Waals surface area contributed by atoms with Crippen molar-refractivity contribution in [3.05, 3.63) is 76.6 Å². The Morgan fingerprint density at radius 3 is 2.73 bits per heavy atom. The molecule has 4 aromatic rings. The van der Waals surface area contributed by atoms with E-state index in [1.54, 1.807) is 24.4 Å². The van der Waals surface area contributed by atoms with Gasteiger partial charge in [-0.15, -0.1) is 0 Å². The van der Waals surface area contributed by atoms with Crippen LogP contribution in [-0.4, -0.2) is 56.1 Å². The second-order valence-corrected chi connectivity index (χ2v) is 11.1. The lowest BCUT2D eigenvalue weighted by molar-refractivity contribution is -0.114. The average molecular weight is 579 g/mol. The number of hydrogen-bond donors (Lipinski definition) is 1. The van der Waals surface area contributed by atoms with E-state index in [0.717, 1.165) is 61.6 Å². The number of fused-ring (bicyclic) bond motifs is 1. The summed E-state index contributed by atoms with van der Waals surface area (Å²) in [5, 5.41) is 3.15. The number of pyridine rings is 2. The molecule has 2 aliphatic heterocycles. The standard InChI is InChI=1S/C30H32ClFN6O3/c1-19(39)34-23-14-27-30(33-15-23)38(16-24-9-12-40-24)28(35-27)17-37-10-7-20(8-11-37)26-3-2-4-29(36-26)41-18-21-5-6-22(31)13-25(21)32/h2-6,13-15,20,24H,7-12,16-18H2,1H3,(H,34,39)/t24-/m0/s1. The summed E-state index contributed by atoms with van der Waals surface area (Å²) < 4.78 is 27.8. The number of hydrogen-bond acceptors (Lipinski definition) is 7. The van der Waals surface area contributed by atoms with Crippen molar-refractivity contribution in [1.82, 2.24) is 24.4 Å². The zero-order valence-corrected chi connectivity index (χ0v) is 23.6. The summed E-state index contributed by atoms with van der Waals surface area (Å²) >= 11 is 5.85. The molecule has 1 aromatic carbocycles. The lowest BCUT2D eigenvalue weighted by atomic mass is 9.93. The van der Waals surface area contributed by atoms with E-state index in [1.165, 1.54) is 13.0 Å². The molecule has 0 spiro atoms. The van der Waals surface area contributed by atoms with Crippen molar-refractivity contribution in [3.8, 4) is 5.88 Å². The molecule has 214 valence electrons. The zero-order chi connectivity index (χ0) is 28.3. The fourth-order valence-electron chi connectivity index (χ4n) is 5.39. The molecule has 0 radical (unpaired) electrons. The second-order valence-electron chi connectivity index (χ2n) is 10.6. The molecule has 0 aliphatic carbocycles. The van der Waals surface area contributed by atoms with Crippen molar-refractivity contribution in [1.29, 1.82) is 0 Å². The lowest BCUT2D eigenvalue weighted by Gasteiger charge is -2.32. The predicted molar refractivity (Wildman–Crippen MR) is 153 cm³/mol. The summed E-state index contributed by atoms with van der Waals surface area (Å²) in [6.45, 7) is 5.58. The first-order valence-corrected chi connectivity index (χ1v) is 14.3. The number of halogens is 2. The normalized spacial score (nSPS) is 17.9. The smallest absolute Gasteiger partial charge is 0.221 e. The molecule has 11 heteroatoms. The van der Waals surface area contributed by atoms with Crippen molar-refractivity contribution < 1.29 is 18.7 Å². The van der Waals surface area contributed by atoms with Crippen LogP contribution in [0.2, 0.25) is 5.02 Å². The largest absolute Gasteiger partial charge is 0.473 e. The Balaban J connectivity index is 1.10. The number of amides is 1. The van der Waals surface area contributed by atoms with E-state index in [1.807, 2.05) is 18.2 Å². The molecule has 3 aromatic heterocycles. The topological polar surface area (TPSA) is 94.4 Å². The first-order chi connectivity index (χ1) is 19.9. The minimum atomic E-state index is -0.390.